The summed E-state index contributed by atoms with van der Waals surface area (Å²) in [6.45, 7) is 3.16. The van der Waals surface area contributed by atoms with E-state index in [9.17, 15) is 0 Å². The largest absolute Gasteiger partial charge is 0.373 e. The van der Waals surface area contributed by atoms with Gasteiger partial charge in [0.15, 0.2) is 0 Å². The maximum atomic E-state index is 5.97. The molecule has 1 aliphatic carbocycles. The average Bonchev–Trinajstić information content (AvgIpc) is 2.77. The zero-order valence-electron chi connectivity index (χ0n) is 10.1. The minimum atomic E-state index is 0.391. The highest BCUT2D eigenvalue weighted by molar-refractivity contribution is 5.46. The van der Waals surface area contributed by atoms with Gasteiger partial charge in [-0.1, -0.05) is 25.5 Å². The lowest BCUT2D eigenvalue weighted by atomic mass is 9.89. The van der Waals surface area contributed by atoms with Crippen molar-refractivity contribution < 1.29 is 4.74 Å². The molecule has 0 saturated carbocycles. The van der Waals surface area contributed by atoms with E-state index in [-0.39, 0.29) is 0 Å². The van der Waals surface area contributed by atoms with Gasteiger partial charge in [-0.3, -0.25) is 0 Å². The molecule has 86 valence electrons. The highest BCUT2D eigenvalue weighted by Gasteiger charge is 2.26. The van der Waals surface area contributed by atoms with E-state index < -0.39 is 0 Å². The van der Waals surface area contributed by atoms with Crippen molar-refractivity contribution >= 4 is 0 Å². The third kappa shape index (κ3) is 1.58. The minimum Gasteiger partial charge on any atom is -0.373 e. The van der Waals surface area contributed by atoms with Gasteiger partial charge < -0.3 is 4.74 Å². The van der Waals surface area contributed by atoms with Gasteiger partial charge in [-0.2, -0.15) is 0 Å². The van der Waals surface area contributed by atoms with E-state index >= 15 is 0 Å². The third-order valence-corrected chi connectivity index (χ3v) is 3.98. The van der Waals surface area contributed by atoms with Crippen LogP contribution in [0, 0.1) is 0 Å². The first-order valence-corrected chi connectivity index (χ1v) is 6.65. The molecule has 0 saturated heterocycles. The second-order valence-corrected chi connectivity index (χ2v) is 5.03. The molecule has 1 aromatic carbocycles. The van der Waals surface area contributed by atoms with Crippen LogP contribution in [0.25, 0.3) is 0 Å². The van der Waals surface area contributed by atoms with Gasteiger partial charge in [0.05, 0.1) is 12.7 Å². The zero-order chi connectivity index (χ0) is 11.0. The fourth-order valence-corrected chi connectivity index (χ4v) is 3.25. The molecule has 16 heavy (non-hydrogen) atoms. The van der Waals surface area contributed by atoms with E-state index in [2.05, 4.69) is 19.1 Å². The third-order valence-electron chi connectivity index (χ3n) is 3.98. The Morgan fingerprint density at radius 1 is 1.19 bits per heavy atom. The van der Waals surface area contributed by atoms with Crippen molar-refractivity contribution in [3.05, 3.63) is 34.4 Å². The molecule has 1 nitrogen and oxygen atoms in total. The predicted molar refractivity (Wildman–Crippen MR) is 65.8 cm³/mol. The molecule has 1 heteroatoms. The summed E-state index contributed by atoms with van der Waals surface area (Å²) in [5.41, 5.74) is 6.36. The lowest BCUT2D eigenvalue weighted by Gasteiger charge is -2.28. The summed E-state index contributed by atoms with van der Waals surface area (Å²) in [7, 11) is 0. The molecule has 0 spiro atoms. The fourth-order valence-electron chi connectivity index (χ4n) is 3.25. The Morgan fingerprint density at radius 2 is 2.06 bits per heavy atom. The molecule has 0 radical (unpaired) electrons. The summed E-state index contributed by atoms with van der Waals surface area (Å²) >= 11 is 0. The van der Waals surface area contributed by atoms with E-state index in [0.717, 1.165) is 13.0 Å². The Kier molecular flexibility index (Phi) is 2.72. The molecular weight excluding hydrogens is 196 g/mol. The van der Waals surface area contributed by atoms with Crippen molar-refractivity contribution in [1.82, 2.24) is 0 Å². The number of hydrogen-bond donors (Lipinski definition) is 0. The topological polar surface area (TPSA) is 9.23 Å². The molecular formula is C15H20O. The lowest BCUT2D eigenvalue weighted by molar-refractivity contribution is 0.0355. The van der Waals surface area contributed by atoms with Crippen LogP contribution in [0.1, 0.15) is 54.5 Å². The molecule has 0 amide bonds. The van der Waals surface area contributed by atoms with Gasteiger partial charge in [-0.05, 0) is 54.4 Å². The van der Waals surface area contributed by atoms with Gasteiger partial charge in [-0.25, -0.2) is 0 Å². The van der Waals surface area contributed by atoms with Crippen molar-refractivity contribution in [2.75, 3.05) is 6.61 Å². The van der Waals surface area contributed by atoms with Crippen LogP contribution in [0.3, 0.4) is 0 Å². The molecule has 1 heterocycles. The highest BCUT2D eigenvalue weighted by atomic mass is 16.5. The van der Waals surface area contributed by atoms with Gasteiger partial charge in [-0.15, -0.1) is 0 Å². The SMILES string of the molecule is CCC[C@@H]1OCCc2ccc3c(c21)CCC3. The fraction of sp³-hybridized carbons (Fsp3) is 0.600. The van der Waals surface area contributed by atoms with Crippen LogP contribution in [-0.2, 0) is 24.0 Å². The lowest BCUT2D eigenvalue weighted by Crippen LogP contribution is -2.18. The van der Waals surface area contributed by atoms with E-state index in [1.807, 2.05) is 0 Å². The van der Waals surface area contributed by atoms with Crippen molar-refractivity contribution in [2.24, 2.45) is 0 Å². The molecule has 0 N–H and O–H groups in total. The molecule has 3 rings (SSSR count). The van der Waals surface area contributed by atoms with Crippen LogP contribution >= 0.6 is 0 Å². The van der Waals surface area contributed by atoms with E-state index in [4.69, 9.17) is 4.74 Å². The van der Waals surface area contributed by atoms with Crippen LogP contribution in [0.2, 0.25) is 0 Å². The number of fused-ring (bicyclic) bond motifs is 3. The summed E-state index contributed by atoms with van der Waals surface area (Å²) in [5, 5.41) is 0. The Morgan fingerprint density at radius 3 is 2.94 bits per heavy atom. The Labute approximate surface area is 97.8 Å². The van der Waals surface area contributed by atoms with Crippen molar-refractivity contribution in [2.45, 2.75) is 51.6 Å². The number of aryl methyl sites for hydroxylation is 1. The van der Waals surface area contributed by atoms with Crippen LogP contribution < -0.4 is 0 Å². The second-order valence-electron chi connectivity index (χ2n) is 5.03. The first-order chi connectivity index (χ1) is 7.90. The van der Waals surface area contributed by atoms with Gasteiger partial charge in [0.2, 0.25) is 0 Å². The maximum absolute atomic E-state index is 5.97. The summed E-state index contributed by atoms with van der Waals surface area (Å²) in [6, 6.07) is 4.71. The number of hydrogen-bond acceptors (Lipinski definition) is 1. The van der Waals surface area contributed by atoms with Crippen molar-refractivity contribution in [3.8, 4) is 0 Å². The number of ether oxygens (including phenoxy) is 1. The summed E-state index contributed by atoms with van der Waals surface area (Å²) < 4.78 is 5.97. The molecule has 0 unspecified atom stereocenters. The second kappa shape index (κ2) is 4.21. The standard InChI is InChI=1S/C15H20O/c1-2-4-14-15-12(9-10-16-14)8-7-11-5-3-6-13(11)15/h7-8,14H,2-6,9-10H2,1H3/t14-/m0/s1. The Bertz CT molecular complexity index is 395. The van der Waals surface area contributed by atoms with E-state index in [0.29, 0.717) is 6.10 Å². The number of benzene rings is 1. The van der Waals surface area contributed by atoms with Crippen molar-refractivity contribution in [1.29, 1.82) is 0 Å². The van der Waals surface area contributed by atoms with Gasteiger partial charge >= 0.3 is 0 Å². The highest BCUT2D eigenvalue weighted by Crippen LogP contribution is 2.38. The monoisotopic (exact) mass is 216 g/mol. The molecule has 0 fully saturated rings. The predicted octanol–water partition coefficient (Wildman–Crippen LogP) is 3.59. The van der Waals surface area contributed by atoms with Gasteiger partial charge in [0.25, 0.3) is 0 Å². The Hall–Kier alpha value is -0.820. The molecule has 1 aromatic rings. The van der Waals surface area contributed by atoms with Crippen molar-refractivity contribution in [3.63, 3.8) is 0 Å². The summed E-state index contributed by atoms with van der Waals surface area (Å²) in [6.07, 6.45) is 7.80. The average molecular weight is 216 g/mol. The van der Waals surface area contributed by atoms with Crippen LogP contribution in [0.4, 0.5) is 0 Å². The smallest absolute Gasteiger partial charge is 0.0830 e. The summed E-state index contributed by atoms with van der Waals surface area (Å²) in [5.74, 6) is 0. The minimum absolute atomic E-state index is 0.391. The Balaban J connectivity index is 2.06. The number of rotatable bonds is 2. The molecule has 2 aliphatic rings. The maximum Gasteiger partial charge on any atom is 0.0830 e. The van der Waals surface area contributed by atoms with Crippen LogP contribution in [0.15, 0.2) is 12.1 Å². The quantitative estimate of drug-likeness (QED) is 0.734. The van der Waals surface area contributed by atoms with Crippen LogP contribution in [0.5, 0.6) is 0 Å². The van der Waals surface area contributed by atoms with Gasteiger partial charge in [0.1, 0.15) is 0 Å². The molecule has 0 bridgehead atoms. The molecule has 0 aromatic heterocycles. The summed E-state index contributed by atoms with van der Waals surface area (Å²) in [4.78, 5) is 0. The first kappa shape index (κ1) is 10.3. The normalized spacial score (nSPS) is 22.9. The van der Waals surface area contributed by atoms with E-state index in [1.54, 1.807) is 22.3 Å². The zero-order valence-corrected chi connectivity index (χ0v) is 10.1. The molecule has 1 atom stereocenters. The molecule has 1 aliphatic heterocycles. The first-order valence-electron chi connectivity index (χ1n) is 6.65. The van der Waals surface area contributed by atoms with Crippen LogP contribution in [-0.4, -0.2) is 6.61 Å². The van der Waals surface area contributed by atoms with E-state index in [1.165, 1.54) is 32.1 Å². The van der Waals surface area contributed by atoms with Gasteiger partial charge in [0, 0.05) is 0 Å².